The highest BCUT2D eigenvalue weighted by molar-refractivity contribution is 5.74. The third kappa shape index (κ3) is 13.6. The third-order valence-corrected chi connectivity index (χ3v) is 7.19. The summed E-state index contributed by atoms with van der Waals surface area (Å²) in [5.41, 5.74) is 3.82. The van der Waals surface area contributed by atoms with Crippen LogP contribution in [0.2, 0.25) is 0 Å². The number of likely N-dealkylation sites (N-methyl/N-ethyl adjacent to an activating group) is 2. The van der Waals surface area contributed by atoms with Gasteiger partial charge in [-0.1, -0.05) is 114 Å². The molecular weight excluding hydrogens is 500 g/mol. The lowest BCUT2D eigenvalue weighted by atomic mass is 9.96. The molecule has 0 aliphatic rings. The molecule has 6 nitrogen and oxygen atoms in total. The Morgan fingerprint density at radius 2 is 0.950 bits per heavy atom. The molecule has 0 spiro atoms. The van der Waals surface area contributed by atoms with Crippen LogP contribution in [-0.4, -0.2) is 62.0 Å². The third-order valence-electron chi connectivity index (χ3n) is 7.19. The minimum Gasteiger partial charge on any atom is -0.460 e. The Morgan fingerprint density at radius 1 is 0.575 bits per heavy atom. The number of esters is 2. The van der Waals surface area contributed by atoms with E-state index in [2.05, 4.69) is 13.8 Å². The van der Waals surface area contributed by atoms with Crippen LogP contribution >= 0.6 is 0 Å². The van der Waals surface area contributed by atoms with E-state index in [-0.39, 0.29) is 38.2 Å². The van der Waals surface area contributed by atoms with Crippen molar-refractivity contribution in [2.24, 2.45) is 0 Å². The van der Waals surface area contributed by atoms with Crippen molar-refractivity contribution < 1.29 is 19.1 Å². The molecule has 222 valence electrons. The number of carbonyl (C=O) groups excluding carboxylic acids is 2. The first kappa shape index (κ1) is 33.5. The molecule has 0 heterocycles. The molecule has 0 saturated heterocycles. The molecular formula is C34H52N2O4. The Morgan fingerprint density at radius 3 is 1.35 bits per heavy atom. The molecule has 0 aliphatic heterocycles. The molecule has 0 aromatic heterocycles. The lowest BCUT2D eigenvalue weighted by Gasteiger charge is -2.18. The van der Waals surface area contributed by atoms with Crippen molar-refractivity contribution in [2.45, 2.75) is 91.3 Å². The highest BCUT2D eigenvalue weighted by atomic mass is 16.5. The molecule has 2 aromatic rings. The average molecular weight is 553 g/mol. The normalized spacial score (nSPS) is 11.2. The van der Waals surface area contributed by atoms with E-state index < -0.39 is 0 Å². The Hall–Kier alpha value is -2.70. The summed E-state index contributed by atoms with van der Waals surface area (Å²) in [7, 11) is 3.94. The second-order valence-electron chi connectivity index (χ2n) is 10.9. The van der Waals surface area contributed by atoms with Gasteiger partial charge in [0.1, 0.15) is 13.2 Å². The molecule has 2 aromatic carbocycles. The van der Waals surface area contributed by atoms with Crippen LogP contribution in [0.3, 0.4) is 0 Å². The number of carbonyl (C=O) groups is 2. The van der Waals surface area contributed by atoms with Gasteiger partial charge in [-0.3, -0.25) is 19.4 Å². The van der Waals surface area contributed by atoms with Gasteiger partial charge in [0, 0.05) is 0 Å². The lowest BCUT2D eigenvalue weighted by Crippen LogP contribution is -2.28. The van der Waals surface area contributed by atoms with E-state index in [4.69, 9.17) is 9.47 Å². The number of rotatable bonds is 21. The summed E-state index contributed by atoms with van der Waals surface area (Å²) in [4.78, 5) is 29.1. The Kier molecular flexibility index (Phi) is 16.9. The SMILES string of the molecule is CCCCCCCN(C)CC(=O)OCc1ccccc1-c1ccccc1COC(=O)CN(C)CCCCCCC. The topological polar surface area (TPSA) is 59.1 Å². The van der Waals surface area contributed by atoms with E-state index in [1.165, 1.54) is 51.4 Å². The smallest absolute Gasteiger partial charge is 0.320 e. The highest BCUT2D eigenvalue weighted by Gasteiger charge is 2.14. The summed E-state index contributed by atoms with van der Waals surface area (Å²) >= 11 is 0. The van der Waals surface area contributed by atoms with Gasteiger partial charge in [0.2, 0.25) is 0 Å². The maximum Gasteiger partial charge on any atom is 0.320 e. The molecule has 0 unspecified atom stereocenters. The van der Waals surface area contributed by atoms with Gasteiger partial charge >= 0.3 is 11.9 Å². The van der Waals surface area contributed by atoms with Gasteiger partial charge in [0.05, 0.1) is 13.1 Å². The Balaban J connectivity index is 1.89. The van der Waals surface area contributed by atoms with Crippen LogP contribution in [0, 0.1) is 0 Å². The molecule has 2 rings (SSSR count). The number of nitrogens with zero attached hydrogens (tertiary/aromatic N) is 2. The van der Waals surface area contributed by atoms with Gasteiger partial charge in [-0.25, -0.2) is 0 Å². The van der Waals surface area contributed by atoms with Gasteiger partial charge < -0.3 is 9.47 Å². The summed E-state index contributed by atoms with van der Waals surface area (Å²) in [6.07, 6.45) is 12.1. The second kappa shape index (κ2) is 20.2. The standard InChI is InChI=1S/C34H52N2O4/c1-5-7-9-11-17-23-35(3)25-33(37)39-27-29-19-13-15-21-31(29)32-22-16-14-20-30(32)28-40-34(38)26-36(4)24-18-12-10-8-6-2/h13-16,19-22H,5-12,17-18,23-28H2,1-4H3. The van der Waals surface area contributed by atoms with Crippen LogP contribution in [0.5, 0.6) is 0 Å². The number of hydrogen-bond acceptors (Lipinski definition) is 6. The Labute approximate surface area is 243 Å². The second-order valence-corrected chi connectivity index (χ2v) is 10.9. The predicted molar refractivity (Wildman–Crippen MR) is 164 cm³/mol. The fourth-order valence-corrected chi connectivity index (χ4v) is 4.80. The van der Waals surface area contributed by atoms with E-state index in [1.54, 1.807) is 0 Å². The monoisotopic (exact) mass is 552 g/mol. The molecule has 0 atom stereocenters. The quantitative estimate of drug-likeness (QED) is 0.120. The summed E-state index contributed by atoms with van der Waals surface area (Å²) < 4.78 is 11.3. The van der Waals surface area contributed by atoms with E-state index in [1.807, 2.05) is 72.4 Å². The first-order chi connectivity index (χ1) is 19.4. The minimum absolute atomic E-state index is 0.205. The van der Waals surface area contributed by atoms with Gasteiger partial charge in [0.15, 0.2) is 0 Å². The first-order valence-corrected chi connectivity index (χ1v) is 15.3. The minimum atomic E-state index is -0.220. The van der Waals surface area contributed by atoms with Crippen molar-refractivity contribution in [1.29, 1.82) is 0 Å². The van der Waals surface area contributed by atoms with Gasteiger partial charge in [0.25, 0.3) is 0 Å². The molecule has 0 amide bonds. The number of hydrogen-bond donors (Lipinski definition) is 0. The largest absolute Gasteiger partial charge is 0.460 e. The number of benzene rings is 2. The van der Waals surface area contributed by atoms with Crippen molar-refractivity contribution in [3.8, 4) is 11.1 Å². The van der Waals surface area contributed by atoms with Crippen molar-refractivity contribution in [1.82, 2.24) is 9.80 Å². The molecule has 0 radical (unpaired) electrons. The summed E-state index contributed by atoms with van der Waals surface area (Å²) in [6, 6.07) is 15.9. The van der Waals surface area contributed by atoms with Crippen LogP contribution in [-0.2, 0) is 32.3 Å². The molecule has 0 fully saturated rings. The summed E-state index contributed by atoms with van der Waals surface area (Å²) in [5, 5.41) is 0. The van der Waals surface area contributed by atoms with Crippen molar-refractivity contribution in [3.63, 3.8) is 0 Å². The zero-order valence-corrected chi connectivity index (χ0v) is 25.5. The summed E-state index contributed by atoms with van der Waals surface area (Å²) in [5.74, 6) is -0.440. The van der Waals surface area contributed by atoms with Crippen LogP contribution in [0.15, 0.2) is 48.5 Å². The Bertz CT molecular complexity index is 914. The van der Waals surface area contributed by atoms with Crippen LogP contribution < -0.4 is 0 Å². The van der Waals surface area contributed by atoms with Crippen LogP contribution in [0.1, 0.15) is 89.2 Å². The number of unbranched alkanes of at least 4 members (excludes halogenated alkanes) is 8. The van der Waals surface area contributed by atoms with Crippen molar-refractivity contribution in [3.05, 3.63) is 59.7 Å². The maximum absolute atomic E-state index is 12.5. The molecule has 6 heteroatoms. The fourth-order valence-electron chi connectivity index (χ4n) is 4.80. The summed E-state index contributed by atoms with van der Waals surface area (Å²) in [6.45, 7) is 7.21. The fraction of sp³-hybridized carbons (Fsp3) is 0.588. The molecule has 0 bridgehead atoms. The van der Waals surface area contributed by atoms with Crippen LogP contribution in [0.4, 0.5) is 0 Å². The van der Waals surface area contributed by atoms with Gasteiger partial charge in [-0.15, -0.1) is 0 Å². The van der Waals surface area contributed by atoms with Gasteiger partial charge in [-0.2, -0.15) is 0 Å². The zero-order chi connectivity index (χ0) is 29.0. The van der Waals surface area contributed by atoms with E-state index >= 15 is 0 Å². The van der Waals surface area contributed by atoms with Gasteiger partial charge in [-0.05, 0) is 62.3 Å². The molecule has 40 heavy (non-hydrogen) atoms. The van der Waals surface area contributed by atoms with E-state index in [0.717, 1.165) is 48.2 Å². The van der Waals surface area contributed by atoms with Crippen molar-refractivity contribution >= 4 is 11.9 Å². The molecule has 0 aliphatic carbocycles. The van der Waals surface area contributed by atoms with E-state index in [9.17, 15) is 9.59 Å². The first-order valence-electron chi connectivity index (χ1n) is 15.3. The van der Waals surface area contributed by atoms with Crippen LogP contribution in [0.25, 0.3) is 11.1 Å². The maximum atomic E-state index is 12.5. The molecule has 0 N–H and O–H groups in total. The predicted octanol–water partition coefficient (Wildman–Crippen LogP) is 7.24. The zero-order valence-electron chi connectivity index (χ0n) is 25.5. The number of ether oxygens (including phenoxy) is 2. The van der Waals surface area contributed by atoms with Crippen molar-refractivity contribution in [2.75, 3.05) is 40.3 Å². The average Bonchev–Trinajstić information content (AvgIpc) is 2.95. The highest BCUT2D eigenvalue weighted by Crippen LogP contribution is 2.28. The van der Waals surface area contributed by atoms with E-state index in [0.29, 0.717) is 0 Å². The molecule has 0 saturated carbocycles. The lowest BCUT2D eigenvalue weighted by molar-refractivity contribution is -0.146.